The molecule has 160 valence electrons. The molecule has 1 aliphatic rings. The average molecular weight is 521 g/mol. The van der Waals surface area contributed by atoms with Gasteiger partial charge in [-0.25, -0.2) is 8.78 Å². The topological polar surface area (TPSA) is 63.9 Å². The molecule has 0 saturated carbocycles. The zero-order valence-corrected chi connectivity index (χ0v) is 18.8. The lowest BCUT2D eigenvalue weighted by molar-refractivity contribution is -0.00805. The van der Waals surface area contributed by atoms with Crippen LogP contribution in [0.4, 0.5) is 8.78 Å². The Morgan fingerprint density at radius 2 is 2.28 bits per heavy atom. The van der Waals surface area contributed by atoms with E-state index in [0.717, 1.165) is 23.6 Å². The summed E-state index contributed by atoms with van der Waals surface area (Å²) < 4.78 is 37.3. The smallest absolute Gasteiger partial charge is 0.272 e. The molecule has 1 aromatic heterocycles. The number of aliphatic imine (C=N–C) groups is 1. The van der Waals surface area contributed by atoms with Gasteiger partial charge in [0.1, 0.15) is 18.5 Å². The van der Waals surface area contributed by atoms with E-state index in [4.69, 9.17) is 9.47 Å². The molecule has 1 saturated heterocycles. The first-order valence-electron chi connectivity index (χ1n) is 9.11. The molecule has 1 aromatic carbocycles. The fraction of sp³-hybridized carbons (Fsp3) is 0.474. The van der Waals surface area contributed by atoms with Gasteiger partial charge in [0.15, 0.2) is 5.96 Å². The van der Waals surface area contributed by atoms with Gasteiger partial charge in [-0.15, -0.1) is 24.0 Å². The molecule has 2 aromatic rings. The Bertz CT molecular complexity index is 802. The number of ether oxygens (including phenoxy) is 2. The van der Waals surface area contributed by atoms with Gasteiger partial charge in [0.2, 0.25) is 0 Å². The maximum Gasteiger partial charge on any atom is 0.272 e. The molecule has 1 atom stereocenters. The molecule has 0 bridgehead atoms. The number of hydrogen-bond acceptors (Lipinski definition) is 4. The normalized spacial score (nSPS) is 17.2. The third-order valence-corrected chi connectivity index (χ3v) is 4.40. The predicted octanol–water partition coefficient (Wildman–Crippen LogP) is 2.83. The minimum absolute atomic E-state index is 0. The number of morpholine rings is 1. The molecule has 10 heteroatoms. The van der Waals surface area contributed by atoms with Crippen molar-refractivity contribution >= 4 is 29.9 Å². The van der Waals surface area contributed by atoms with Crippen LogP contribution in [0.5, 0.6) is 5.75 Å². The Hall–Kier alpha value is -1.95. The lowest BCUT2D eigenvalue weighted by Crippen LogP contribution is -2.47. The molecule has 7 nitrogen and oxygen atoms in total. The number of nitrogens with zero attached hydrogens (tertiary/aromatic N) is 4. The van der Waals surface area contributed by atoms with E-state index in [0.29, 0.717) is 25.4 Å². The largest absolute Gasteiger partial charge is 0.488 e. The summed E-state index contributed by atoms with van der Waals surface area (Å²) in [6, 6.07) is 7.11. The molecule has 1 N–H and O–H groups in total. The lowest BCUT2D eigenvalue weighted by Gasteiger charge is -2.34. The number of halogens is 3. The quantitative estimate of drug-likeness (QED) is 0.360. The van der Waals surface area contributed by atoms with Gasteiger partial charge in [0.25, 0.3) is 6.43 Å². The van der Waals surface area contributed by atoms with Crippen LogP contribution in [0, 0.1) is 0 Å². The van der Waals surface area contributed by atoms with E-state index in [-0.39, 0.29) is 30.1 Å². The van der Waals surface area contributed by atoms with Crippen LogP contribution < -0.4 is 10.1 Å². The molecule has 29 heavy (non-hydrogen) atoms. The molecule has 2 heterocycles. The van der Waals surface area contributed by atoms with Crippen LogP contribution in [0.2, 0.25) is 0 Å². The van der Waals surface area contributed by atoms with Crippen molar-refractivity contribution in [3.05, 3.63) is 47.8 Å². The van der Waals surface area contributed by atoms with Gasteiger partial charge in [-0.05, 0) is 17.7 Å². The summed E-state index contributed by atoms with van der Waals surface area (Å²) in [5.41, 5.74) is 1.96. The number of benzene rings is 1. The minimum Gasteiger partial charge on any atom is -0.488 e. The molecule has 3 rings (SSSR count). The number of aromatic nitrogens is 2. The SMILES string of the molecule is CN=C(NCc1cccc(OCC(F)F)c1)N1CCOC(c2cnn(C)c2)C1.I. The zero-order valence-electron chi connectivity index (χ0n) is 16.4. The highest BCUT2D eigenvalue weighted by atomic mass is 127. The van der Waals surface area contributed by atoms with Gasteiger partial charge in [-0.1, -0.05) is 12.1 Å². The highest BCUT2D eigenvalue weighted by Crippen LogP contribution is 2.21. The standard InChI is InChI=1S/C19H25F2N5O2.HI/c1-22-19(23-9-14-4-3-5-16(8-14)28-13-18(20)21)26-6-7-27-17(12-26)15-10-24-25(2)11-15;/h3-5,8,10-11,17-18H,6-7,9,12-13H2,1-2H3,(H,22,23);1H. The maximum atomic E-state index is 12.3. The lowest BCUT2D eigenvalue weighted by atomic mass is 10.1. The van der Waals surface area contributed by atoms with E-state index in [1.807, 2.05) is 25.5 Å². The zero-order chi connectivity index (χ0) is 19.9. The Kier molecular flexibility index (Phi) is 9.08. The van der Waals surface area contributed by atoms with Crippen LogP contribution >= 0.6 is 24.0 Å². The van der Waals surface area contributed by atoms with E-state index in [1.54, 1.807) is 29.9 Å². The third-order valence-electron chi connectivity index (χ3n) is 4.40. The molecule has 1 unspecified atom stereocenters. The molecule has 0 spiro atoms. The fourth-order valence-corrected chi connectivity index (χ4v) is 3.07. The summed E-state index contributed by atoms with van der Waals surface area (Å²) in [5.74, 6) is 1.19. The van der Waals surface area contributed by atoms with Crippen molar-refractivity contribution in [2.45, 2.75) is 19.1 Å². The van der Waals surface area contributed by atoms with Gasteiger partial charge in [0.05, 0.1) is 19.3 Å². The number of nitrogens with one attached hydrogen (secondary N) is 1. The monoisotopic (exact) mass is 521 g/mol. The molecule has 0 aliphatic carbocycles. The second-order valence-electron chi connectivity index (χ2n) is 6.50. The van der Waals surface area contributed by atoms with E-state index in [9.17, 15) is 8.78 Å². The third kappa shape index (κ3) is 6.81. The van der Waals surface area contributed by atoms with E-state index >= 15 is 0 Å². The van der Waals surface area contributed by atoms with Gasteiger partial charge in [-0.2, -0.15) is 5.10 Å². The van der Waals surface area contributed by atoms with Crippen molar-refractivity contribution in [2.24, 2.45) is 12.0 Å². The van der Waals surface area contributed by atoms with Gasteiger partial charge < -0.3 is 19.7 Å². The molecular weight excluding hydrogens is 495 g/mol. The summed E-state index contributed by atoms with van der Waals surface area (Å²) in [7, 11) is 3.61. The summed E-state index contributed by atoms with van der Waals surface area (Å²) in [6.45, 7) is 1.89. The average Bonchev–Trinajstić information content (AvgIpc) is 3.14. The van der Waals surface area contributed by atoms with Crippen LogP contribution in [0.3, 0.4) is 0 Å². The van der Waals surface area contributed by atoms with Crippen molar-refractivity contribution in [3.8, 4) is 5.75 Å². The van der Waals surface area contributed by atoms with Gasteiger partial charge in [0, 0.05) is 38.9 Å². The first-order chi connectivity index (χ1) is 13.5. The molecule has 1 aliphatic heterocycles. The summed E-state index contributed by atoms with van der Waals surface area (Å²) in [4.78, 5) is 6.50. The van der Waals surface area contributed by atoms with Crippen molar-refractivity contribution in [2.75, 3.05) is 33.4 Å². The summed E-state index contributed by atoms with van der Waals surface area (Å²) in [6.07, 6.45) is 1.21. The highest BCUT2D eigenvalue weighted by Gasteiger charge is 2.25. The van der Waals surface area contributed by atoms with E-state index in [1.165, 1.54) is 0 Å². The fourth-order valence-electron chi connectivity index (χ4n) is 3.07. The number of guanidine groups is 1. The van der Waals surface area contributed by atoms with Crippen molar-refractivity contribution < 1.29 is 18.3 Å². The maximum absolute atomic E-state index is 12.3. The van der Waals surface area contributed by atoms with Crippen LogP contribution in [0.1, 0.15) is 17.2 Å². The number of aryl methyl sites for hydroxylation is 1. The second-order valence-corrected chi connectivity index (χ2v) is 6.50. The van der Waals surface area contributed by atoms with E-state index in [2.05, 4.69) is 20.3 Å². The summed E-state index contributed by atoms with van der Waals surface area (Å²) in [5, 5.41) is 7.53. The molecular formula is C19H26F2IN5O2. The minimum atomic E-state index is -2.49. The van der Waals surface area contributed by atoms with Crippen LogP contribution in [0.15, 0.2) is 41.7 Å². The number of alkyl halides is 2. The summed E-state index contributed by atoms with van der Waals surface area (Å²) >= 11 is 0. The van der Waals surface area contributed by atoms with Crippen LogP contribution in [0.25, 0.3) is 0 Å². The number of hydrogen-bond donors (Lipinski definition) is 1. The van der Waals surface area contributed by atoms with Gasteiger partial charge >= 0.3 is 0 Å². The first kappa shape index (κ1) is 23.3. The Morgan fingerprint density at radius 3 is 2.97 bits per heavy atom. The second kappa shape index (κ2) is 11.3. The Labute approximate surface area is 186 Å². The Morgan fingerprint density at radius 1 is 1.45 bits per heavy atom. The molecule has 0 radical (unpaired) electrons. The van der Waals surface area contributed by atoms with E-state index < -0.39 is 13.0 Å². The predicted molar refractivity (Wildman–Crippen MR) is 117 cm³/mol. The van der Waals surface area contributed by atoms with Crippen molar-refractivity contribution in [1.29, 1.82) is 0 Å². The van der Waals surface area contributed by atoms with Gasteiger partial charge in [-0.3, -0.25) is 9.67 Å². The van der Waals surface area contributed by atoms with Crippen LogP contribution in [-0.2, 0) is 18.3 Å². The number of rotatable bonds is 6. The molecule has 0 amide bonds. The highest BCUT2D eigenvalue weighted by molar-refractivity contribution is 14.0. The Balaban J connectivity index is 0.00000300. The molecule has 1 fully saturated rings. The van der Waals surface area contributed by atoms with Crippen LogP contribution in [-0.4, -0.2) is 60.4 Å². The van der Waals surface area contributed by atoms with Crippen molar-refractivity contribution in [3.63, 3.8) is 0 Å². The van der Waals surface area contributed by atoms with Crippen molar-refractivity contribution in [1.82, 2.24) is 20.0 Å². The first-order valence-corrected chi connectivity index (χ1v) is 9.11.